The van der Waals surface area contributed by atoms with Gasteiger partial charge in [-0.05, 0) is 37.0 Å². The van der Waals surface area contributed by atoms with Crippen LogP contribution in [0.2, 0.25) is 0 Å². The number of nitrogens with one attached hydrogen (secondary N) is 2. The number of carbonyl (C=O) groups is 2. The van der Waals surface area contributed by atoms with E-state index in [1.165, 1.54) is 25.7 Å². The number of fused-ring (bicyclic) bond motifs is 1. The van der Waals surface area contributed by atoms with Gasteiger partial charge in [-0.1, -0.05) is 0 Å². The number of nitrogens with zero attached hydrogens (tertiary/aromatic N) is 2. The van der Waals surface area contributed by atoms with Gasteiger partial charge in [-0.2, -0.15) is 0 Å². The topological polar surface area (TPSA) is 64.7 Å². The second kappa shape index (κ2) is 4.27. The number of hydrogen-bond acceptors (Lipinski definition) is 2. The van der Waals surface area contributed by atoms with Gasteiger partial charge in [0, 0.05) is 32.7 Å². The average molecular weight is 278 g/mol. The Kier molecular flexibility index (Phi) is 2.62. The van der Waals surface area contributed by atoms with E-state index in [1.54, 1.807) is 0 Å². The molecule has 4 aliphatic rings. The fourth-order valence-electron chi connectivity index (χ4n) is 3.74. The van der Waals surface area contributed by atoms with Crippen molar-refractivity contribution in [3.05, 3.63) is 0 Å². The van der Waals surface area contributed by atoms with Crippen molar-refractivity contribution in [2.75, 3.05) is 32.7 Å². The fraction of sp³-hybridized carbons (Fsp3) is 0.857. The smallest absolute Gasteiger partial charge is 0.317 e. The minimum absolute atomic E-state index is 0.0146. The maximum Gasteiger partial charge on any atom is 0.317 e. The van der Waals surface area contributed by atoms with Crippen LogP contribution in [0.5, 0.6) is 0 Å². The molecular formula is C14H22N4O2. The largest absolute Gasteiger partial charge is 0.337 e. The van der Waals surface area contributed by atoms with Crippen molar-refractivity contribution in [1.82, 2.24) is 20.4 Å². The van der Waals surface area contributed by atoms with Crippen molar-refractivity contribution in [3.8, 4) is 0 Å². The third kappa shape index (κ3) is 2.01. The molecule has 0 unspecified atom stereocenters. The van der Waals surface area contributed by atoms with Gasteiger partial charge in [0.05, 0.1) is 6.04 Å². The third-order valence-corrected chi connectivity index (χ3v) is 5.45. The molecule has 4 rings (SSSR count). The van der Waals surface area contributed by atoms with E-state index < -0.39 is 0 Å². The lowest BCUT2D eigenvalue weighted by atomic mass is 10.0. The van der Waals surface area contributed by atoms with Gasteiger partial charge < -0.3 is 20.4 Å². The van der Waals surface area contributed by atoms with Gasteiger partial charge >= 0.3 is 12.1 Å². The zero-order valence-electron chi connectivity index (χ0n) is 11.7. The van der Waals surface area contributed by atoms with E-state index in [1.807, 2.05) is 9.80 Å². The molecule has 2 N–H and O–H groups in total. The maximum absolute atomic E-state index is 12.3. The van der Waals surface area contributed by atoms with E-state index >= 15 is 0 Å². The van der Waals surface area contributed by atoms with Crippen molar-refractivity contribution < 1.29 is 9.59 Å². The molecule has 1 atom stereocenters. The van der Waals surface area contributed by atoms with Gasteiger partial charge in [-0.15, -0.1) is 0 Å². The monoisotopic (exact) mass is 278 g/mol. The first-order valence-corrected chi connectivity index (χ1v) is 7.75. The molecule has 0 aromatic heterocycles. The number of piperazine rings is 1. The Balaban J connectivity index is 1.30. The molecule has 0 aromatic carbocycles. The first-order valence-electron chi connectivity index (χ1n) is 7.75. The highest BCUT2D eigenvalue weighted by Gasteiger charge is 2.53. The van der Waals surface area contributed by atoms with Gasteiger partial charge in [0.25, 0.3) is 0 Å². The summed E-state index contributed by atoms with van der Waals surface area (Å²) in [6.07, 6.45) is 5.27. The first kappa shape index (κ1) is 12.3. The molecule has 0 bridgehead atoms. The van der Waals surface area contributed by atoms with Crippen LogP contribution in [0.15, 0.2) is 0 Å². The zero-order valence-corrected chi connectivity index (χ0v) is 11.7. The average Bonchev–Trinajstić information content (AvgIpc) is 3.35. The normalized spacial score (nSPS) is 30.8. The zero-order chi connectivity index (χ0) is 13.7. The van der Waals surface area contributed by atoms with Gasteiger partial charge in [0.2, 0.25) is 0 Å². The maximum atomic E-state index is 12.3. The van der Waals surface area contributed by atoms with Crippen molar-refractivity contribution in [1.29, 1.82) is 0 Å². The molecular weight excluding hydrogens is 256 g/mol. The standard InChI is InChI=1S/C14H22N4O2/c19-12(16-9-14(3-4-14)10-1-2-10)17-5-6-18-11(8-17)7-15-13(18)20/h10-11H,1-9H2,(H,15,20)(H,16,19)/t11-/m1/s1. The van der Waals surface area contributed by atoms with E-state index in [9.17, 15) is 9.59 Å². The number of amides is 4. The Morgan fingerprint density at radius 1 is 1.35 bits per heavy atom. The molecule has 110 valence electrons. The van der Waals surface area contributed by atoms with Crippen molar-refractivity contribution in [2.45, 2.75) is 31.7 Å². The molecule has 2 aliphatic carbocycles. The lowest BCUT2D eigenvalue weighted by molar-refractivity contribution is 0.128. The number of rotatable bonds is 3. The highest BCUT2D eigenvalue weighted by atomic mass is 16.2. The Labute approximate surface area is 118 Å². The molecule has 6 nitrogen and oxygen atoms in total. The number of hydrogen-bond donors (Lipinski definition) is 2. The third-order valence-electron chi connectivity index (χ3n) is 5.45. The van der Waals surface area contributed by atoms with Crippen LogP contribution in [0.1, 0.15) is 25.7 Å². The van der Waals surface area contributed by atoms with Gasteiger partial charge in [0.1, 0.15) is 0 Å². The summed E-state index contributed by atoms with van der Waals surface area (Å²) in [6, 6.07) is 0.219. The minimum atomic E-state index is 0.0146. The fourth-order valence-corrected chi connectivity index (χ4v) is 3.74. The highest BCUT2D eigenvalue weighted by Crippen LogP contribution is 2.60. The summed E-state index contributed by atoms with van der Waals surface area (Å²) < 4.78 is 0. The minimum Gasteiger partial charge on any atom is -0.337 e. The van der Waals surface area contributed by atoms with Crippen LogP contribution < -0.4 is 10.6 Å². The SMILES string of the molecule is O=C(NCC1(C2CC2)CC1)N1CCN2C(=O)NC[C@@H]2C1. The van der Waals surface area contributed by atoms with E-state index in [0.717, 1.165) is 12.5 Å². The molecule has 2 saturated carbocycles. The van der Waals surface area contributed by atoms with E-state index in [2.05, 4.69) is 10.6 Å². The summed E-state index contributed by atoms with van der Waals surface area (Å²) in [4.78, 5) is 27.5. The highest BCUT2D eigenvalue weighted by molar-refractivity contribution is 5.78. The molecule has 0 radical (unpaired) electrons. The number of urea groups is 2. The second-order valence-corrected chi connectivity index (χ2v) is 6.77. The van der Waals surface area contributed by atoms with Crippen molar-refractivity contribution in [3.63, 3.8) is 0 Å². The van der Waals surface area contributed by atoms with Crippen LogP contribution in [-0.4, -0.2) is 60.6 Å². The van der Waals surface area contributed by atoms with Gasteiger partial charge in [0.15, 0.2) is 0 Å². The van der Waals surface area contributed by atoms with Crippen molar-refractivity contribution >= 4 is 12.1 Å². The number of carbonyl (C=O) groups excluding carboxylic acids is 2. The van der Waals surface area contributed by atoms with E-state index in [4.69, 9.17) is 0 Å². The molecule has 4 amide bonds. The summed E-state index contributed by atoms with van der Waals surface area (Å²) in [6.45, 7) is 3.46. The predicted molar refractivity (Wildman–Crippen MR) is 73.3 cm³/mol. The summed E-state index contributed by atoms with van der Waals surface area (Å²) in [7, 11) is 0. The lowest BCUT2D eigenvalue weighted by Crippen LogP contribution is -2.56. The Morgan fingerprint density at radius 3 is 2.85 bits per heavy atom. The molecule has 6 heteroatoms. The van der Waals surface area contributed by atoms with Crippen molar-refractivity contribution in [2.24, 2.45) is 11.3 Å². The lowest BCUT2D eigenvalue weighted by Gasteiger charge is -2.36. The van der Waals surface area contributed by atoms with Crippen LogP contribution in [-0.2, 0) is 0 Å². The Hall–Kier alpha value is -1.46. The van der Waals surface area contributed by atoms with Crippen LogP contribution in [0.3, 0.4) is 0 Å². The quantitative estimate of drug-likeness (QED) is 0.794. The Bertz CT molecular complexity index is 444. The van der Waals surface area contributed by atoms with E-state index in [-0.39, 0.29) is 18.1 Å². The van der Waals surface area contributed by atoms with E-state index in [0.29, 0.717) is 31.6 Å². The molecule has 2 heterocycles. The van der Waals surface area contributed by atoms with Crippen LogP contribution in [0, 0.1) is 11.3 Å². The molecule has 4 fully saturated rings. The molecule has 0 spiro atoms. The van der Waals surface area contributed by atoms with Crippen LogP contribution in [0.25, 0.3) is 0 Å². The summed E-state index contributed by atoms with van der Waals surface area (Å²) >= 11 is 0. The molecule has 0 aromatic rings. The first-order chi connectivity index (χ1) is 9.68. The summed E-state index contributed by atoms with van der Waals surface area (Å²) in [5, 5.41) is 5.97. The van der Waals surface area contributed by atoms with Crippen LogP contribution >= 0.6 is 0 Å². The predicted octanol–water partition coefficient (Wildman–Crippen LogP) is 0.596. The molecule has 2 saturated heterocycles. The summed E-state index contributed by atoms with van der Waals surface area (Å²) in [5.41, 5.74) is 0.447. The molecule has 2 aliphatic heterocycles. The Morgan fingerprint density at radius 2 is 2.15 bits per heavy atom. The molecule has 20 heavy (non-hydrogen) atoms. The van der Waals surface area contributed by atoms with Gasteiger partial charge in [-0.3, -0.25) is 0 Å². The summed E-state index contributed by atoms with van der Waals surface area (Å²) in [5.74, 6) is 0.872. The van der Waals surface area contributed by atoms with Crippen LogP contribution in [0.4, 0.5) is 9.59 Å². The van der Waals surface area contributed by atoms with Gasteiger partial charge in [-0.25, -0.2) is 9.59 Å². The second-order valence-electron chi connectivity index (χ2n) is 6.77.